The van der Waals surface area contributed by atoms with Crippen molar-refractivity contribution in [1.29, 1.82) is 0 Å². The van der Waals surface area contributed by atoms with Crippen LogP contribution >= 0.6 is 11.3 Å². The second-order valence-electron chi connectivity index (χ2n) is 4.32. The van der Waals surface area contributed by atoms with E-state index in [1.54, 1.807) is 0 Å². The van der Waals surface area contributed by atoms with E-state index in [0.717, 1.165) is 5.56 Å². The maximum atomic E-state index is 12.3. The Bertz CT molecular complexity index is 470. The van der Waals surface area contributed by atoms with E-state index in [0.29, 0.717) is 4.88 Å². The van der Waals surface area contributed by atoms with Crippen molar-refractivity contribution in [3.8, 4) is 0 Å². The van der Waals surface area contributed by atoms with E-state index in [1.807, 2.05) is 18.4 Å². The first-order valence-corrected chi connectivity index (χ1v) is 6.53. The summed E-state index contributed by atoms with van der Waals surface area (Å²) in [6, 6.07) is 1.18. The lowest BCUT2D eigenvalue weighted by molar-refractivity contribution is -0.145. The molecule has 1 N–H and O–H groups in total. The molecule has 0 spiro atoms. The van der Waals surface area contributed by atoms with Crippen LogP contribution in [0, 0.1) is 6.92 Å². The first-order chi connectivity index (χ1) is 8.54. The number of ether oxygens (including phenoxy) is 1. The molecule has 2 rings (SSSR count). The van der Waals surface area contributed by atoms with E-state index in [4.69, 9.17) is 0 Å². The molecular formula is C12H15NO4S. The van der Waals surface area contributed by atoms with Crippen molar-refractivity contribution < 1.29 is 19.4 Å². The Hall–Kier alpha value is -1.40. The molecule has 0 radical (unpaired) electrons. The molecule has 1 aromatic heterocycles. The topological polar surface area (TPSA) is 66.8 Å². The number of amides is 1. The molecule has 2 atom stereocenters. The predicted octanol–water partition coefficient (Wildman–Crippen LogP) is 0.805. The minimum absolute atomic E-state index is 0.177. The lowest BCUT2D eigenvalue weighted by Crippen LogP contribution is -2.41. The third-order valence-corrected chi connectivity index (χ3v) is 4.07. The fourth-order valence-corrected chi connectivity index (χ4v) is 3.00. The molecule has 0 bridgehead atoms. The zero-order valence-corrected chi connectivity index (χ0v) is 11.1. The number of likely N-dealkylation sites (tertiary alicyclic amines) is 1. The van der Waals surface area contributed by atoms with Gasteiger partial charge >= 0.3 is 5.97 Å². The normalized spacial score (nSPS) is 23.2. The number of aliphatic hydroxyl groups excluding tert-OH is 1. The summed E-state index contributed by atoms with van der Waals surface area (Å²) in [6.07, 6.45) is -0.429. The van der Waals surface area contributed by atoms with Crippen molar-refractivity contribution in [3.05, 3.63) is 21.9 Å². The van der Waals surface area contributed by atoms with E-state index in [2.05, 4.69) is 4.74 Å². The Kier molecular flexibility index (Phi) is 3.68. The Labute approximate surface area is 109 Å². The molecule has 1 fully saturated rings. The second-order valence-corrected chi connectivity index (χ2v) is 5.23. The minimum atomic E-state index is -0.681. The molecule has 98 valence electrons. The Balaban J connectivity index is 2.23. The number of nitrogens with zero attached hydrogens (tertiary/aromatic N) is 1. The molecule has 1 amide bonds. The van der Waals surface area contributed by atoms with Crippen LogP contribution in [0.3, 0.4) is 0 Å². The zero-order chi connectivity index (χ0) is 13.3. The number of thiophene rings is 1. The summed E-state index contributed by atoms with van der Waals surface area (Å²) in [7, 11) is 1.28. The molecule has 6 heteroatoms. The van der Waals surface area contributed by atoms with Gasteiger partial charge in [-0.15, -0.1) is 11.3 Å². The molecule has 1 aliphatic rings. The van der Waals surface area contributed by atoms with E-state index < -0.39 is 18.1 Å². The number of carbonyl (C=O) groups is 2. The lowest BCUT2D eigenvalue weighted by atomic mass is 10.2. The van der Waals surface area contributed by atoms with Crippen LogP contribution in [0.25, 0.3) is 0 Å². The van der Waals surface area contributed by atoms with Gasteiger partial charge in [0, 0.05) is 13.0 Å². The Morgan fingerprint density at radius 2 is 2.28 bits per heavy atom. The summed E-state index contributed by atoms with van der Waals surface area (Å²) >= 11 is 1.34. The quantitative estimate of drug-likeness (QED) is 0.807. The third-order valence-electron chi connectivity index (χ3n) is 3.07. The van der Waals surface area contributed by atoms with Gasteiger partial charge in [0.2, 0.25) is 0 Å². The third kappa shape index (κ3) is 2.26. The molecule has 1 aliphatic heterocycles. The van der Waals surface area contributed by atoms with Crippen LogP contribution in [0.5, 0.6) is 0 Å². The summed E-state index contributed by atoms with van der Waals surface area (Å²) < 4.78 is 4.67. The van der Waals surface area contributed by atoms with Gasteiger partial charge in [-0.3, -0.25) is 4.79 Å². The summed E-state index contributed by atoms with van der Waals surface area (Å²) in [5, 5.41) is 11.5. The molecule has 5 nitrogen and oxygen atoms in total. The second kappa shape index (κ2) is 5.07. The number of aryl methyl sites for hydroxylation is 1. The molecule has 0 aromatic carbocycles. The molecule has 18 heavy (non-hydrogen) atoms. The Morgan fingerprint density at radius 3 is 2.83 bits per heavy atom. The van der Waals surface area contributed by atoms with E-state index in [1.165, 1.54) is 23.3 Å². The summed E-state index contributed by atoms with van der Waals surface area (Å²) in [6.45, 7) is 2.03. The highest BCUT2D eigenvalue weighted by Crippen LogP contribution is 2.25. The molecule has 1 saturated heterocycles. The van der Waals surface area contributed by atoms with Crippen LogP contribution in [0.2, 0.25) is 0 Å². The van der Waals surface area contributed by atoms with Gasteiger partial charge in [0.25, 0.3) is 5.91 Å². The predicted molar refractivity (Wildman–Crippen MR) is 66.5 cm³/mol. The molecule has 2 heterocycles. The van der Waals surface area contributed by atoms with Gasteiger partial charge in [-0.25, -0.2) is 4.79 Å². The van der Waals surface area contributed by atoms with Crippen molar-refractivity contribution in [2.75, 3.05) is 13.7 Å². The molecule has 1 aromatic rings. The maximum Gasteiger partial charge on any atom is 0.328 e. The maximum absolute atomic E-state index is 12.3. The highest BCUT2D eigenvalue weighted by Gasteiger charge is 2.40. The summed E-state index contributed by atoms with van der Waals surface area (Å²) in [4.78, 5) is 25.9. The van der Waals surface area contributed by atoms with Crippen molar-refractivity contribution in [1.82, 2.24) is 4.90 Å². The van der Waals surface area contributed by atoms with Gasteiger partial charge in [0.05, 0.1) is 18.1 Å². The average molecular weight is 269 g/mol. The first kappa shape index (κ1) is 13.0. The van der Waals surface area contributed by atoms with Gasteiger partial charge in [0.15, 0.2) is 0 Å². The highest BCUT2D eigenvalue weighted by atomic mass is 32.1. The molecule has 2 unspecified atom stereocenters. The highest BCUT2D eigenvalue weighted by molar-refractivity contribution is 7.12. The number of hydrogen-bond donors (Lipinski definition) is 1. The van der Waals surface area contributed by atoms with Crippen LogP contribution in [0.15, 0.2) is 11.4 Å². The van der Waals surface area contributed by atoms with Crippen molar-refractivity contribution >= 4 is 23.2 Å². The smallest absolute Gasteiger partial charge is 0.328 e. The van der Waals surface area contributed by atoms with Gasteiger partial charge in [0.1, 0.15) is 6.04 Å². The summed E-state index contributed by atoms with van der Waals surface area (Å²) in [5.41, 5.74) is 0.884. The number of methoxy groups -OCH3 is 1. The van der Waals surface area contributed by atoms with Crippen LogP contribution in [-0.4, -0.2) is 47.7 Å². The fourth-order valence-electron chi connectivity index (χ4n) is 2.12. The number of rotatable bonds is 2. The standard InChI is InChI=1S/C12H15NO4S/c1-7-3-4-18-10(7)11(15)13-6-8(14)5-9(13)12(16)17-2/h3-4,8-9,14H,5-6H2,1-2H3. The van der Waals surface area contributed by atoms with Crippen molar-refractivity contribution in [2.45, 2.75) is 25.5 Å². The van der Waals surface area contributed by atoms with E-state index >= 15 is 0 Å². The molecule has 0 aliphatic carbocycles. The van der Waals surface area contributed by atoms with Gasteiger partial charge in [-0.2, -0.15) is 0 Å². The zero-order valence-electron chi connectivity index (χ0n) is 10.3. The Morgan fingerprint density at radius 1 is 1.56 bits per heavy atom. The first-order valence-electron chi connectivity index (χ1n) is 5.65. The van der Waals surface area contributed by atoms with Crippen LogP contribution in [0.1, 0.15) is 21.7 Å². The lowest BCUT2D eigenvalue weighted by Gasteiger charge is -2.22. The van der Waals surface area contributed by atoms with E-state index in [9.17, 15) is 14.7 Å². The number of β-amino-alcohol motifs (C(OH)–C–C–N with tert-alkyl or cyclic N) is 1. The summed E-state index contributed by atoms with van der Waals surface area (Å²) in [5.74, 6) is -0.691. The largest absolute Gasteiger partial charge is 0.467 e. The van der Waals surface area contributed by atoms with E-state index in [-0.39, 0.29) is 18.9 Å². The van der Waals surface area contributed by atoms with Crippen molar-refractivity contribution in [2.24, 2.45) is 0 Å². The number of hydrogen-bond acceptors (Lipinski definition) is 5. The minimum Gasteiger partial charge on any atom is -0.467 e. The average Bonchev–Trinajstić information content (AvgIpc) is 2.93. The van der Waals surface area contributed by atoms with Gasteiger partial charge in [-0.1, -0.05) is 0 Å². The SMILES string of the molecule is COC(=O)C1CC(O)CN1C(=O)c1sccc1C. The molecule has 0 saturated carbocycles. The van der Waals surface area contributed by atoms with Crippen LogP contribution in [0.4, 0.5) is 0 Å². The van der Waals surface area contributed by atoms with Gasteiger partial charge in [-0.05, 0) is 23.9 Å². The molecular weight excluding hydrogens is 254 g/mol. The number of carbonyl (C=O) groups excluding carboxylic acids is 2. The van der Waals surface area contributed by atoms with Crippen LogP contribution in [-0.2, 0) is 9.53 Å². The van der Waals surface area contributed by atoms with Crippen LogP contribution < -0.4 is 0 Å². The monoisotopic (exact) mass is 269 g/mol. The van der Waals surface area contributed by atoms with Gasteiger partial charge < -0.3 is 14.7 Å². The van der Waals surface area contributed by atoms with Crippen molar-refractivity contribution in [3.63, 3.8) is 0 Å². The number of aliphatic hydroxyl groups is 1. The fraction of sp³-hybridized carbons (Fsp3) is 0.500. The number of esters is 1.